The van der Waals surface area contributed by atoms with Gasteiger partial charge in [0.05, 0.1) is 17.4 Å². The van der Waals surface area contributed by atoms with Crippen LogP contribution in [0.2, 0.25) is 0 Å². The number of benzene rings is 2. The molecule has 2 aromatic carbocycles. The topological polar surface area (TPSA) is 75.3 Å². The minimum Gasteiger partial charge on any atom is -0.368 e. The molecule has 0 unspecified atom stereocenters. The van der Waals surface area contributed by atoms with Crippen molar-refractivity contribution in [2.75, 3.05) is 6.61 Å². The lowest BCUT2D eigenvalue weighted by atomic mass is 10.1. The van der Waals surface area contributed by atoms with E-state index in [4.69, 9.17) is 4.74 Å². The van der Waals surface area contributed by atoms with Crippen LogP contribution >= 0.6 is 0 Å². The van der Waals surface area contributed by atoms with Crippen LogP contribution in [0.1, 0.15) is 24.2 Å². The average molecular weight is 363 g/mol. The quantitative estimate of drug-likeness (QED) is 0.756. The zero-order valence-corrected chi connectivity index (χ0v) is 14.9. The maximum atomic E-state index is 13.0. The molecule has 1 saturated heterocycles. The fraction of sp³-hybridized carbons (Fsp3) is 0.286. The van der Waals surface area contributed by atoms with Gasteiger partial charge in [0.2, 0.25) is 0 Å². The van der Waals surface area contributed by atoms with Gasteiger partial charge in [-0.05, 0) is 30.5 Å². The summed E-state index contributed by atoms with van der Waals surface area (Å²) < 4.78 is 5.58. The smallest absolute Gasteiger partial charge is 0.258 e. The normalized spacial score (nSPS) is 16.5. The number of nitrogens with one attached hydrogen (secondary N) is 1. The Labute approximate surface area is 156 Å². The molecule has 6 heteroatoms. The molecular formula is C21H21N3O3. The second-order valence-corrected chi connectivity index (χ2v) is 6.71. The summed E-state index contributed by atoms with van der Waals surface area (Å²) in [6.45, 7) is 1.28. The van der Waals surface area contributed by atoms with Gasteiger partial charge < -0.3 is 14.6 Å². The van der Waals surface area contributed by atoms with Crippen molar-refractivity contribution in [3.8, 4) is 0 Å². The Morgan fingerprint density at radius 3 is 2.67 bits per heavy atom. The van der Waals surface area contributed by atoms with E-state index in [0.717, 1.165) is 18.4 Å². The van der Waals surface area contributed by atoms with Gasteiger partial charge in [-0.15, -0.1) is 0 Å². The molecule has 0 aliphatic carbocycles. The van der Waals surface area contributed by atoms with E-state index in [9.17, 15) is 9.59 Å². The highest BCUT2D eigenvalue weighted by atomic mass is 16.5. The predicted octanol–water partition coefficient (Wildman–Crippen LogP) is 2.63. The third-order valence-electron chi connectivity index (χ3n) is 4.74. The number of hydrogen-bond donors (Lipinski definition) is 1. The molecule has 1 atom stereocenters. The van der Waals surface area contributed by atoms with Crippen LogP contribution in [0.25, 0.3) is 10.9 Å². The number of fused-ring (bicyclic) bond motifs is 1. The second-order valence-electron chi connectivity index (χ2n) is 6.71. The van der Waals surface area contributed by atoms with Crippen LogP contribution in [0.5, 0.6) is 0 Å². The predicted molar refractivity (Wildman–Crippen MR) is 102 cm³/mol. The summed E-state index contributed by atoms with van der Waals surface area (Å²) in [5, 5.41) is 0.543. The first-order chi connectivity index (χ1) is 13.2. The molecule has 1 amide bonds. The van der Waals surface area contributed by atoms with Crippen molar-refractivity contribution in [2.45, 2.75) is 32.0 Å². The van der Waals surface area contributed by atoms with Crippen LogP contribution in [0.15, 0.2) is 59.4 Å². The highest BCUT2D eigenvalue weighted by Gasteiger charge is 2.29. The van der Waals surface area contributed by atoms with Crippen molar-refractivity contribution in [1.29, 1.82) is 0 Å². The van der Waals surface area contributed by atoms with E-state index < -0.39 is 6.10 Å². The molecule has 1 aliphatic rings. The van der Waals surface area contributed by atoms with Crippen LogP contribution in [-0.2, 0) is 22.6 Å². The maximum Gasteiger partial charge on any atom is 0.258 e. The van der Waals surface area contributed by atoms with E-state index in [1.54, 1.807) is 17.0 Å². The molecule has 6 nitrogen and oxygen atoms in total. The minimum absolute atomic E-state index is 0.0628. The van der Waals surface area contributed by atoms with E-state index in [0.29, 0.717) is 29.9 Å². The first-order valence-electron chi connectivity index (χ1n) is 9.13. The van der Waals surface area contributed by atoms with Crippen LogP contribution < -0.4 is 5.56 Å². The largest absolute Gasteiger partial charge is 0.368 e. The van der Waals surface area contributed by atoms with E-state index >= 15 is 0 Å². The molecule has 27 heavy (non-hydrogen) atoms. The number of hydrogen-bond acceptors (Lipinski definition) is 4. The van der Waals surface area contributed by atoms with E-state index in [2.05, 4.69) is 9.97 Å². The average Bonchev–Trinajstić information content (AvgIpc) is 3.23. The molecule has 0 saturated carbocycles. The SMILES string of the molecule is O=C([C@H]1CCCO1)N(Cc1ccccc1)Cc1nc2ccccc2c(=O)[nH]1. The zero-order valence-electron chi connectivity index (χ0n) is 14.9. The van der Waals surface area contributed by atoms with Gasteiger partial charge in [-0.1, -0.05) is 42.5 Å². The lowest BCUT2D eigenvalue weighted by Crippen LogP contribution is -2.38. The van der Waals surface area contributed by atoms with Crippen LogP contribution in [0.3, 0.4) is 0 Å². The number of aromatic amines is 1. The molecule has 2 heterocycles. The number of rotatable bonds is 5. The fourth-order valence-corrected chi connectivity index (χ4v) is 3.38. The van der Waals surface area contributed by atoms with Crippen molar-refractivity contribution < 1.29 is 9.53 Å². The van der Waals surface area contributed by atoms with E-state index in [1.165, 1.54) is 0 Å². The van der Waals surface area contributed by atoms with Crippen molar-refractivity contribution in [3.63, 3.8) is 0 Å². The number of carbonyl (C=O) groups is 1. The molecule has 4 rings (SSSR count). The monoisotopic (exact) mass is 363 g/mol. The number of H-pyrrole nitrogens is 1. The summed E-state index contributed by atoms with van der Waals surface area (Å²) in [4.78, 5) is 34.4. The summed E-state index contributed by atoms with van der Waals surface area (Å²) >= 11 is 0. The highest BCUT2D eigenvalue weighted by molar-refractivity contribution is 5.81. The van der Waals surface area contributed by atoms with Gasteiger partial charge in [0.25, 0.3) is 11.5 Å². The summed E-state index contributed by atoms with van der Waals surface area (Å²) in [5.74, 6) is 0.410. The summed E-state index contributed by atoms with van der Waals surface area (Å²) in [7, 11) is 0. The maximum absolute atomic E-state index is 13.0. The number of nitrogens with zero attached hydrogens (tertiary/aromatic N) is 2. The van der Waals surface area contributed by atoms with Crippen molar-refractivity contribution in [2.24, 2.45) is 0 Å². The van der Waals surface area contributed by atoms with Crippen LogP contribution in [-0.4, -0.2) is 33.5 Å². The Morgan fingerprint density at radius 2 is 1.89 bits per heavy atom. The fourth-order valence-electron chi connectivity index (χ4n) is 3.38. The Bertz CT molecular complexity index is 994. The summed E-state index contributed by atoms with van der Waals surface area (Å²) in [6.07, 6.45) is 1.20. The molecule has 0 bridgehead atoms. The number of para-hydroxylation sites is 1. The van der Waals surface area contributed by atoms with Gasteiger partial charge in [-0.25, -0.2) is 4.98 Å². The summed E-state index contributed by atoms with van der Waals surface area (Å²) in [6, 6.07) is 17.0. The number of ether oxygens (including phenoxy) is 1. The number of carbonyl (C=O) groups excluding carboxylic acids is 1. The first kappa shape index (κ1) is 17.4. The molecular weight excluding hydrogens is 342 g/mol. The molecule has 0 spiro atoms. The number of amides is 1. The lowest BCUT2D eigenvalue weighted by molar-refractivity contribution is -0.142. The Kier molecular flexibility index (Phi) is 4.98. The third-order valence-corrected chi connectivity index (χ3v) is 4.74. The molecule has 138 valence electrons. The van der Waals surface area contributed by atoms with Gasteiger partial charge in [0.1, 0.15) is 11.9 Å². The summed E-state index contributed by atoms with van der Waals surface area (Å²) in [5.41, 5.74) is 1.45. The second kappa shape index (κ2) is 7.72. The third kappa shape index (κ3) is 3.90. The minimum atomic E-state index is -0.416. The number of aromatic nitrogens is 2. The molecule has 1 N–H and O–H groups in total. The molecule has 0 radical (unpaired) electrons. The Morgan fingerprint density at radius 1 is 1.11 bits per heavy atom. The van der Waals surface area contributed by atoms with E-state index in [1.807, 2.05) is 42.5 Å². The zero-order chi connectivity index (χ0) is 18.6. The molecule has 3 aromatic rings. The van der Waals surface area contributed by atoms with Crippen LogP contribution in [0.4, 0.5) is 0 Å². The lowest BCUT2D eigenvalue weighted by Gasteiger charge is -2.25. The molecule has 1 aromatic heterocycles. The van der Waals surface area contributed by atoms with Crippen molar-refractivity contribution >= 4 is 16.8 Å². The highest BCUT2D eigenvalue weighted by Crippen LogP contribution is 2.18. The molecule has 1 aliphatic heterocycles. The standard InChI is InChI=1S/C21H21N3O3/c25-20-16-9-4-5-10-17(16)22-19(23-20)14-24(13-15-7-2-1-3-8-15)21(26)18-11-6-12-27-18/h1-5,7-10,18H,6,11-14H2,(H,22,23,25)/t18-/m1/s1. The van der Waals surface area contributed by atoms with Gasteiger partial charge in [-0.2, -0.15) is 0 Å². The van der Waals surface area contributed by atoms with Gasteiger partial charge >= 0.3 is 0 Å². The van der Waals surface area contributed by atoms with Gasteiger partial charge in [0, 0.05) is 13.2 Å². The van der Waals surface area contributed by atoms with Gasteiger partial charge in [-0.3, -0.25) is 9.59 Å². The Hall–Kier alpha value is -2.99. The van der Waals surface area contributed by atoms with E-state index in [-0.39, 0.29) is 18.0 Å². The van der Waals surface area contributed by atoms with Gasteiger partial charge in [0.15, 0.2) is 0 Å². The van der Waals surface area contributed by atoms with Crippen molar-refractivity contribution in [3.05, 3.63) is 76.3 Å². The molecule has 1 fully saturated rings. The van der Waals surface area contributed by atoms with Crippen LogP contribution in [0, 0.1) is 0 Å². The Balaban J connectivity index is 1.63. The first-order valence-corrected chi connectivity index (χ1v) is 9.13. The van der Waals surface area contributed by atoms with Crippen molar-refractivity contribution in [1.82, 2.24) is 14.9 Å².